The monoisotopic (exact) mass is 514 g/mol. The van der Waals surface area contributed by atoms with Crippen LogP contribution in [0.1, 0.15) is 25.1 Å². The predicted octanol–water partition coefficient (Wildman–Crippen LogP) is 4.47. The van der Waals surface area contributed by atoms with Gasteiger partial charge in [0.05, 0.1) is 31.7 Å². The molecule has 0 spiro atoms. The van der Waals surface area contributed by atoms with Gasteiger partial charge in [0.25, 0.3) is 6.43 Å². The number of H-pyrrole nitrogens is 1. The molecule has 13 heteroatoms. The number of nitrogens with one attached hydrogen (secondary N) is 3. The van der Waals surface area contributed by atoms with Crippen LogP contribution in [0.3, 0.4) is 0 Å². The first-order valence-electron chi connectivity index (χ1n) is 11.2. The van der Waals surface area contributed by atoms with E-state index in [9.17, 15) is 17.8 Å². The van der Waals surface area contributed by atoms with Crippen LogP contribution in [-0.2, 0) is 21.6 Å². The van der Waals surface area contributed by atoms with Gasteiger partial charge in [0.1, 0.15) is 11.3 Å². The van der Waals surface area contributed by atoms with Crippen molar-refractivity contribution in [3.05, 3.63) is 42.4 Å². The maximum absolute atomic E-state index is 13.4. The largest absolute Gasteiger partial charge is 0.353 e. The molecule has 1 fully saturated rings. The molecule has 1 aliphatic carbocycles. The molecule has 5 rings (SSSR count). The molecule has 4 aromatic rings. The Morgan fingerprint density at radius 2 is 2.00 bits per heavy atom. The number of benzene rings is 1. The van der Waals surface area contributed by atoms with Crippen molar-refractivity contribution in [1.29, 1.82) is 0 Å². The molecule has 1 amide bonds. The summed E-state index contributed by atoms with van der Waals surface area (Å²) in [4.78, 5) is 23.5. The van der Waals surface area contributed by atoms with E-state index in [0.29, 0.717) is 22.0 Å². The van der Waals surface area contributed by atoms with E-state index in [1.54, 1.807) is 30.1 Å². The van der Waals surface area contributed by atoms with Gasteiger partial charge in [-0.1, -0.05) is 6.07 Å². The number of aryl methyl sites for hydroxylation is 1. The van der Waals surface area contributed by atoms with Crippen molar-refractivity contribution in [2.75, 3.05) is 23.9 Å². The number of alkyl halides is 2. The van der Waals surface area contributed by atoms with Crippen molar-refractivity contribution in [2.24, 2.45) is 17.3 Å². The molecule has 0 saturated heterocycles. The third-order valence-corrected chi connectivity index (χ3v) is 7.74. The van der Waals surface area contributed by atoms with Gasteiger partial charge in [-0.3, -0.25) is 9.48 Å². The number of anilines is 3. The Bertz CT molecular complexity index is 1600. The van der Waals surface area contributed by atoms with E-state index in [4.69, 9.17) is 0 Å². The van der Waals surface area contributed by atoms with Gasteiger partial charge in [-0.05, 0) is 31.0 Å². The summed E-state index contributed by atoms with van der Waals surface area (Å²) in [5.74, 6) is -0.600. The first-order chi connectivity index (χ1) is 17.1. The van der Waals surface area contributed by atoms with E-state index in [1.165, 1.54) is 19.4 Å². The Labute approximate surface area is 205 Å². The fourth-order valence-electron chi connectivity index (χ4n) is 3.76. The van der Waals surface area contributed by atoms with Crippen LogP contribution in [0.2, 0.25) is 0 Å². The van der Waals surface area contributed by atoms with E-state index in [1.807, 2.05) is 12.1 Å². The number of carbonyl (C=O) groups is 1. The number of carbonyl (C=O) groups excluding carboxylic acids is 1. The number of aromatic amines is 1. The second kappa shape index (κ2) is 8.97. The van der Waals surface area contributed by atoms with Gasteiger partial charge in [0.2, 0.25) is 5.91 Å². The molecule has 36 heavy (non-hydrogen) atoms. The minimum absolute atomic E-state index is 0.0704. The van der Waals surface area contributed by atoms with Crippen LogP contribution in [0.5, 0.6) is 0 Å². The molecule has 0 radical (unpaired) electrons. The molecule has 3 aromatic heterocycles. The van der Waals surface area contributed by atoms with Gasteiger partial charge in [0, 0.05) is 44.1 Å². The first-order valence-corrected chi connectivity index (χ1v) is 13.1. The lowest BCUT2D eigenvalue weighted by atomic mass is 10.1. The molecule has 1 unspecified atom stereocenters. The van der Waals surface area contributed by atoms with Crippen LogP contribution in [0.4, 0.5) is 26.0 Å². The van der Waals surface area contributed by atoms with Crippen molar-refractivity contribution in [3.8, 4) is 11.3 Å². The fraction of sp³-hybridized carbons (Fsp3) is 0.304. The van der Waals surface area contributed by atoms with Crippen LogP contribution in [-0.4, -0.2) is 48.2 Å². The Balaban J connectivity index is 1.61. The molecular weight excluding hydrogens is 490 g/mol. The quantitative estimate of drug-likeness (QED) is 0.334. The molecule has 0 aliphatic heterocycles. The molecular formula is C23H24F2N8O2S. The maximum Gasteiger partial charge on any atom is 0.295 e. The Morgan fingerprint density at radius 1 is 1.22 bits per heavy atom. The molecule has 0 bridgehead atoms. The highest BCUT2D eigenvalue weighted by Crippen LogP contribution is 2.35. The lowest BCUT2D eigenvalue weighted by Gasteiger charge is -2.15. The number of fused-ring (bicyclic) bond motifs is 1. The van der Waals surface area contributed by atoms with Crippen molar-refractivity contribution >= 4 is 44.0 Å². The summed E-state index contributed by atoms with van der Waals surface area (Å²) in [5.41, 5.74) is 2.44. The average Bonchev–Trinajstić information content (AvgIpc) is 3.46. The second-order valence-electron chi connectivity index (χ2n) is 8.63. The molecule has 1 atom stereocenters. The van der Waals surface area contributed by atoms with Crippen LogP contribution in [0.25, 0.3) is 22.4 Å². The van der Waals surface area contributed by atoms with Crippen LogP contribution >= 0.6 is 0 Å². The fourth-order valence-corrected chi connectivity index (χ4v) is 4.83. The van der Waals surface area contributed by atoms with Gasteiger partial charge in [-0.15, -0.1) is 0 Å². The molecule has 1 aromatic carbocycles. The smallest absolute Gasteiger partial charge is 0.295 e. The summed E-state index contributed by atoms with van der Waals surface area (Å²) >= 11 is 0. The lowest BCUT2D eigenvalue weighted by molar-refractivity contribution is -0.117. The van der Waals surface area contributed by atoms with Gasteiger partial charge < -0.3 is 15.6 Å². The number of halogens is 2. The predicted molar refractivity (Wildman–Crippen MR) is 133 cm³/mol. The van der Waals surface area contributed by atoms with Gasteiger partial charge in [-0.2, -0.15) is 5.10 Å². The summed E-state index contributed by atoms with van der Waals surface area (Å²) in [5, 5.41) is 10.3. The number of aromatic nitrogens is 5. The summed E-state index contributed by atoms with van der Waals surface area (Å²) in [6.45, 7) is 0. The molecule has 188 valence electrons. The Morgan fingerprint density at radius 3 is 2.64 bits per heavy atom. The number of amides is 1. The van der Waals surface area contributed by atoms with Crippen LogP contribution in [0, 0.1) is 5.92 Å². The number of hydrogen-bond donors (Lipinski definition) is 3. The Hall–Kier alpha value is -3.87. The van der Waals surface area contributed by atoms with E-state index in [2.05, 4.69) is 35.0 Å². The molecule has 1 aliphatic rings. The number of rotatable bonds is 7. The van der Waals surface area contributed by atoms with Crippen molar-refractivity contribution in [1.82, 2.24) is 24.7 Å². The number of imidazole rings is 1. The van der Waals surface area contributed by atoms with Crippen molar-refractivity contribution in [2.45, 2.75) is 24.2 Å². The Kier molecular flexibility index (Phi) is 5.94. The van der Waals surface area contributed by atoms with Gasteiger partial charge in [-0.25, -0.2) is 27.3 Å². The summed E-state index contributed by atoms with van der Waals surface area (Å²) in [6, 6.07) is 8.63. The summed E-state index contributed by atoms with van der Waals surface area (Å²) in [7, 11) is 0.451. The first kappa shape index (κ1) is 23.9. The third-order valence-electron chi connectivity index (χ3n) is 5.89. The normalized spacial score (nSPS) is 15.2. The lowest BCUT2D eigenvalue weighted by Crippen LogP contribution is -2.14. The van der Waals surface area contributed by atoms with Crippen molar-refractivity contribution in [3.63, 3.8) is 0 Å². The zero-order valence-electron chi connectivity index (χ0n) is 19.7. The zero-order chi connectivity index (χ0) is 25.6. The summed E-state index contributed by atoms with van der Waals surface area (Å²) in [6.07, 6.45) is 2.09. The van der Waals surface area contributed by atoms with Crippen LogP contribution < -0.4 is 10.6 Å². The number of nitrogens with zero attached hydrogens (tertiary/aromatic N) is 5. The number of pyridine rings is 1. The van der Waals surface area contributed by atoms with E-state index in [-0.39, 0.29) is 28.8 Å². The van der Waals surface area contributed by atoms with Gasteiger partial charge in [0.15, 0.2) is 11.5 Å². The standard InChI is InChI=1S/C23H24F2N8O2S/c1-26-36(3,35)17-10-13(14-8-9-33(2)32-14)6-7-15(17)27-16-11-18(29-23(34)12-4-5-12)28-21-19(16)30-22(31-21)20(24)25/h6-12,20H,4-5H2,1-3H3,(H3,27,28,29,30,31,34). The maximum atomic E-state index is 13.4. The third kappa shape index (κ3) is 4.65. The van der Waals surface area contributed by atoms with E-state index < -0.39 is 22.0 Å². The minimum Gasteiger partial charge on any atom is -0.353 e. The van der Waals surface area contributed by atoms with Crippen molar-refractivity contribution < 1.29 is 17.8 Å². The molecule has 3 N–H and O–H groups in total. The topological polar surface area (TPSA) is 130 Å². The number of hydrogen-bond acceptors (Lipinski definition) is 7. The average molecular weight is 515 g/mol. The highest BCUT2D eigenvalue weighted by molar-refractivity contribution is 7.93. The molecule has 10 nitrogen and oxygen atoms in total. The molecule has 1 saturated carbocycles. The molecule has 3 heterocycles. The van der Waals surface area contributed by atoms with E-state index >= 15 is 0 Å². The SMILES string of the molecule is CN=S(C)(=O)c1cc(-c2ccn(C)n2)ccc1Nc1cc(NC(=O)C2CC2)nc2[nH]c(C(F)F)nc12. The highest BCUT2D eigenvalue weighted by Gasteiger charge is 2.30. The zero-order valence-corrected chi connectivity index (χ0v) is 20.6. The van der Waals surface area contributed by atoms with E-state index in [0.717, 1.165) is 18.4 Å². The summed E-state index contributed by atoms with van der Waals surface area (Å²) < 4.78 is 45.9. The van der Waals surface area contributed by atoms with Gasteiger partial charge >= 0.3 is 0 Å². The van der Waals surface area contributed by atoms with Crippen LogP contribution in [0.15, 0.2) is 45.8 Å². The minimum atomic E-state index is -2.84. The second-order valence-corrected chi connectivity index (χ2v) is 11.0. The highest BCUT2D eigenvalue weighted by atomic mass is 32.2.